The quantitative estimate of drug-likeness (QED) is 0.652. The smallest absolute Gasteiger partial charge is 0.113 e. The second-order valence-electron chi connectivity index (χ2n) is 7.16. The largest absolute Gasteiger partial charge is 0.303 e. The minimum atomic E-state index is 0.127. The highest BCUT2D eigenvalue weighted by atomic mass is 32.1. The van der Waals surface area contributed by atoms with Gasteiger partial charge in [0.05, 0.1) is 11.2 Å². The van der Waals surface area contributed by atoms with E-state index in [-0.39, 0.29) is 5.54 Å². The maximum Gasteiger partial charge on any atom is 0.113 e. The summed E-state index contributed by atoms with van der Waals surface area (Å²) in [5, 5.41) is 5.28. The van der Waals surface area contributed by atoms with Gasteiger partial charge < -0.3 is 5.32 Å². The lowest BCUT2D eigenvalue weighted by Crippen LogP contribution is -2.41. The van der Waals surface area contributed by atoms with Crippen LogP contribution in [0.3, 0.4) is 0 Å². The zero-order valence-corrected chi connectivity index (χ0v) is 14.5. The standard InChI is InChI=1S/C18H30N2S/c1-3-4-5-6-7-13-18(2,20-14-11-12-14)17-19-15-9-8-10-16(15)21-17/h14,20H,3-13H2,1-2H3. The van der Waals surface area contributed by atoms with E-state index in [1.54, 1.807) is 4.88 Å². The molecular formula is C18H30N2S. The van der Waals surface area contributed by atoms with E-state index in [4.69, 9.17) is 4.98 Å². The van der Waals surface area contributed by atoms with E-state index in [9.17, 15) is 0 Å². The van der Waals surface area contributed by atoms with E-state index in [2.05, 4.69) is 19.2 Å². The predicted molar refractivity (Wildman–Crippen MR) is 91.0 cm³/mol. The van der Waals surface area contributed by atoms with Crippen molar-refractivity contribution < 1.29 is 0 Å². The number of unbranched alkanes of at least 4 members (excludes halogenated alkanes) is 4. The first-order chi connectivity index (χ1) is 10.2. The molecule has 21 heavy (non-hydrogen) atoms. The fourth-order valence-electron chi connectivity index (χ4n) is 3.43. The van der Waals surface area contributed by atoms with Gasteiger partial charge in [-0.3, -0.25) is 0 Å². The normalized spacial score (nSPS) is 20.5. The molecule has 1 aromatic heterocycles. The number of hydrogen-bond acceptors (Lipinski definition) is 3. The van der Waals surface area contributed by atoms with Crippen LogP contribution in [0.2, 0.25) is 0 Å². The fraction of sp³-hybridized carbons (Fsp3) is 0.833. The van der Waals surface area contributed by atoms with E-state index in [0.29, 0.717) is 0 Å². The van der Waals surface area contributed by atoms with E-state index in [1.807, 2.05) is 11.3 Å². The Labute approximate surface area is 133 Å². The van der Waals surface area contributed by atoms with E-state index >= 15 is 0 Å². The van der Waals surface area contributed by atoms with Crippen molar-refractivity contribution in [3.8, 4) is 0 Å². The lowest BCUT2D eigenvalue weighted by molar-refractivity contribution is 0.320. The summed E-state index contributed by atoms with van der Waals surface area (Å²) in [5.41, 5.74) is 1.53. The van der Waals surface area contributed by atoms with Gasteiger partial charge in [-0.05, 0) is 45.4 Å². The summed E-state index contributed by atoms with van der Waals surface area (Å²) in [4.78, 5) is 6.58. The lowest BCUT2D eigenvalue weighted by atomic mass is 9.94. The highest BCUT2D eigenvalue weighted by molar-refractivity contribution is 7.12. The number of nitrogens with one attached hydrogen (secondary N) is 1. The number of aryl methyl sites for hydroxylation is 2. The predicted octanol–water partition coefficient (Wildman–Crippen LogP) is 4.96. The van der Waals surface area contributed by atoms with Crippen LogP contribution in [-0.4, -0.2) is 11.0 Å². The van der Waals surface area contributed by atoms with Crippen molar-refractivity contribution in [1.29, 1.82) is 0 Å². The minimum Gasteiger partial charge on any atom is -0.303 e. The van der Waals surface area contributed by atoms with Crippen LogP contribution in [0.1, 0.15) is 87.2 Å². The highest BCUT2D eigenvalue weighted by Gasteiger charge is 2.36. The minimum absolute atomic E-state index is 0.127. The molecule has 0 radical (unpaired) electrons. The molecule has 3 rings (SSSR count). The van der Waals surface area contributed by atoms with E-state index in [0.717, 1.165) is 6.04 Å². The molecular weight excluding hydrogens is 276 g/mol. The van der Waals surface area contributed by atoms with Gasteiger partial charge in [0, 0.05) is 10.9 Å². The van der Waals surface area contributed by atoms with Crippen LogP contribution in [0.15, 0.2) is 0 Å². The molecule has 1 atom stereocenters. The second kappa shape index (κ2) is 6.78. The molecule has 2 aliphatic carbocycles. The Morgan fingerprint density at radius 1 is 1.19 bits per heavy atom. The molecule has 3 heteroatoms. The van der Waals surface area contributed by atoms with Crippen molar-refractivity contribution in [3.63, 3.8) is 0 Å². The van der Waals surface area contributed by atoms with Crippen molar-refractivity contribution in [2.24, 2.45) is 0 Å². The third-order valence-corrected chi connectivity index (χ3v) is 6.37. The third-order valence-electron chi connectivity index (χ3n) is 4.95. The van der Waals surface area contributed by atoms with Crippen molar-refractivity contribution >= 4 is 11.3 Å². The Balaban J connectivity index is 1.63. The molecule has 0 bridgehead atoms. The third kappa shape index (κ3) is 3.87. The molecule has 0 aliphatic heterocycles. The van der Waals surface area contributed by atoms with Crippen molar-refractivity contribution in [1.82, 2.24) is 10.3 Å². The first kappa shape index (κ1) is 15.5. The Morgan fingerprint density at radius 2 is 2.00 bits per heavy atom. The molecule has 2 aliphatic rings. The summed E-state index contributed by atoms with van der Waals surface area (Å²) in [6.07, 6.45) is 14.6. The molecule has 0 spiro atoms. The number of rotatable bonds is 9. The van der Waals surface area contributed by atoms with Crippen LogP contribution in [0.25, 0.3) is 0 Å². The maximum atomic E-state index is 5.01. The van der Waals surface area contributed by atoms with Crippen LogP contribution in [-0.2, 0) is 18.4 Å². The summed E-state index contributed by atoms with van der Waals surface area (Å²) in [7, 11) is 0. The molecule has 1 fully saturated rings. The number of thiazole rings is 1. The summed E-state index contributed by atoms with van der Waals surface area (Å²) in [6.45, 7) is 4.69. The van der Waals surface area contributed by atoms with Gasteiger partial charge in [-0.15, -0.1) is 11.3 Å². The highest BCUT2D eigenvalue weighted by Crippen LogP contribution is 2.38. The molecule has 1 heterocycles. The van der Waals surface area contributed by atoms with Gasteiger partial charge in [0.1, 0.15) is 5.01 Å². The van der Waals surface area contributed by atoms with Gasteiger partial charge in [0.15, 0.2) is 0 Å². The van der Waals surface area contributed by atoms with Gasteiger partial charge in [-0.25, -0.2) is 4.98 Å². The van der Waals surface area contributed by atoms with Crippen LogP contribution in [0.4, 0.5) is 0 Å². The molecule has 0 amide bonds. The molecule has 1 aromatic rings. The first-order valence-corrected chi connectivity index (χ1v) is 9.79. The van der Waals surface area contributed by atoms with Gasteiger partial charge in [0.25, 0.3) is 0 Å². The summed E-state index contributed by atoms with van der Waals surface area (Å²) < 4.78 is 0. The molecule has 118 valence electrons. The summed E-state index contributed by atoms with van der Waals surface area (Å²) in [5.74, 6) is 0. The average Bonchev–Trinajstić information content (AvgIpc) is 2.99. The second-order valence-corrected chi connectivity index (χ2v) is 8.24. The monoisotopic (exact) mass is 306 g/mol. The maximum absolute atomic E-state index is 5.01. The van der Waals surface area contributed by atoms with Gasteiger partial charge in [-0.1, -0.05) is 39.0 Å². The van der Waals surface area contributed by atoms with Crippen LogP contribution in [0, 0.1) is 0 Å². The Morgan fingerprint density at radius 3 is 2.71 bits per heavy atom. The SMILES string of the molecule is CCCCCCCC(C)(NC1CC1)c1nc2c(s1)CCC2. The Bertz CT molecular complexity index is 442. The molecule has 0 saturated heterocycles. The first-order valence-electron chi connectivity index (χ1n) is 8.98. The molecule has 1 saturated carbocycles. The van der Waals surface area contributed by atoms with Gasteiger partial charge in [0.2, 0.25) is 0 Å². The molecule has 1 unspecified atom stereocenters. The zero-order valence-electron chi connectivity index (χ0n) is 13.7. The van der Waals surface area contributed by atoms with Crippen LogP contribution in [0.5, 0.6) is 0 Å². The average molecular weight is 307 g/mol. The number of aromatic nitrogens is 1. The van der Waals surface area contributed by atoms with Crippen LogP contribution >= 0.6 is 11.3 Å². The van der Waals surface area contributed by atoms with E-state index in [1.165, 1.54) is 81.3 Å². The number of nitrogens with zero attached hydrogens (tertiary/aromatic N) is 1. The zero-order chi connectivity index (χ0) is 14.7. The van der Waals surface area contributed by atoms with Gasteiger partial charge in [-0.2, -0.15) is 0 Å². The van der Waals surface area contributed by atoms with Crippen LogP contribution < -0.4 is 5.32 Å². The van der Waals surface area contributed by atoms with E-state index < -0.39 is 0 Å². The fourth-order valence-corrected chi connectivity index (χ4v) is 4.71. The lowest BCUT2D eigenvalue weighted by Gasteiger charge is -2.29. The summed E-state index contributed by atoms with van der Waals surface area (Å²) in [6, 6.07) is 0.754. The Kier molecular flexibility index (Phi) is 5.00. The number of hydrogen-bond donors (Lipinski definition) is 1. The Hall–Kier alpha value is -0.410. The molecule has 1 N–H and O–H groups in total. The summed E-state index contributed by atoms with van der Waals surface area (Å²) >= 11 is 1.99. The van der Waals surface area contributed by atoms with Gasteiger partial charge >= 0.3 is 0 Å². The molecule has 0 aromatic carbocycles. The van der Waals surface area contributed by atoms with Crippen molar-refractivity contribution in [2.75, 3.05) is 0 Å². The van der Waals surface area contributed by atoms with Crippen molar-refractivity contribution in [3.05, 3.63) is 15.6 Å². The topological polar surface area (TPSA) is 24.9 Å². The molecule has 2 nitrogen and oxygen atoms in total. The van der Waals surface area contributed by atoms with Crippen molar-refractivity contribution in [2.45, 2.75) is 96.1 Å². The number of fused-ring (bicyclic) bond motifs is 1.